The van der Waals surface area contributed by atoms with Gasteiger partial charge in [-0.1, -0.05) is 11.6 Å². The summed E-state index contributed by atoms with van der Waals surface area (Å²) in [5.74, 6) is -0.648. The third-order valence-corrected chi connectivity index (χ3v) is 2.08. The van der Waals surface area contributed by atoms with E-state index >= 15 is 0 Å². The van der Waals surface area contributed by atoms with Crippen LogP contribution in [0.4, 0.5) is 4.39 Å². The van der Waals surface area contributed by atoms with Crippen LogP contribution in [0.1, 0.15) is 22.8 Å². The molecule has 0 aliphatic rings. The maximum absolute atomic E-state index is 12.7. The van der Waals surface area contributed by atoms with Gasteiger partial charge in [-0.25, -0.2) is 4.39 Å². The summed E-state index contributed by atoms with van der Waals surface area (Å²) in [6.45, 7) is 3.08. The quantitative estimate of drug-likeness (QED) is 0.617. The first-order valence-electron chi connectivity index (χ1n) is 3.49. The van der Waals surface area contributed by atoms with Crippen molar-refractivity contribution >= 4 is 17.4 Å². The normalized spacial score (nSPS) is 10.0. The second-order valence-electron chi connectivity index (χ2n) is 2.62. The van der Waals surface area contributed by atoms with Crippen LogP contribution in [0.5, 0.6) is 0 Å². The monoisotopic (exact) mass is 186 g/mol. The lowest BCUT2D eigenvalue weighted by Gasteiger charge is -2.03. The molecule has 1 nitrogen and oxygen atoms in total. The van der Waals surface area contributed by atoms with Crippen molar-refractivity contribution in [3.63, 3.8) is 0 Å². The van der Waals surface area contributed by atoms with E-state index in [1.165, 1.54) is 19.1 Å². The van der Waals surface area contributed by atoms with Gasteiger partial charge in [0.05, 0.1) is 0 Å². The number of benzene rings is 1. The second kappa shape index (κ2) is 3.23. The summed E-state index contributed by atoms with van der Waals surface area (Å²) in [6, 6.07) is 2.40. The third-order valence-electron chi connectivity index (χ3n) is 1.69. The smallest absolute Gasteiger partial charge is 0.160 e. The van der Waals surface area contributed by atoms with Crippen molar-refractivity contribution in [2.24, 2.45) is 0 Å². The molecule has 64 valence electrons. The molecule has 0 spiro atoms. The number of hydrogen-bond donors (Lipinski definition) is 0. The zero-order chi connectivity index (χ0) is 9.30. The maximum Gasteiger partial charge on any atom is 0.160 e. The van der Waals surface area contributed by atoms with Crippen LogP contribution < -0.4 is 0 Å². The van der Waals surface area contributed by atoms with Gasteiger partial charge in [-0.05, 0) is 31.5 Å². The molecule has 0 saturated heterocycles. The van der Waals surface area contributed by atoms with Gasteiger partial charge in [0.1, 0.15) is 5.82 Å². The standard InChI is InChI=1S/C9H8ClFO/c1-5-8(6(2)12)3-7(11)4-9(5)10/h3-4H,1-2H3. The molecular weight excluding hydrogens is 179 g/mol. The number of carbonyl (C=O) groups is 1. The highest BCUT2D eigenvalue weighted by atomic mass is 35.5. The molecule has 0 bridgehead atoms. The Bertz CT molecular complexity index is 334. The van der Waals surface area contributed by atoms with E-state index in [0.717, 1.165) is 0 Å². The number of halogens is 2. The van der Waals surface area contributed by atoms with E-state index in [4.69, 9.17) is 11.6 Å². The zero-order valence-electron chi connectivity index (χ0n) is 6.82. The number of Topliss-reactive ketones (excluding diaryl/α,β-unsaturated/α-hetero) is 1. The molecule has 1 aromatic carbocycles. The van der Waals surface area contributed by atoms with Gasteiger partial charge >= 0.3 is 0 Å². The van der Waals surface area contributed by atoms with Crippen LogP contribution in [-0.2, 0) is 0 Å². The Morgan fingerprint density at radius 3 is 2.58 bits per heavy atom. The van der Waals surface area contributed by atoms with Gasteiger partial charge in [0.2, 0.25) is 0 Å². The van der Waals surface area contributed by atoms with Gasteiger partial charge in [0.25, 0.3) is 0 Å². The fraction of sp³-hybridized carbons (Fsp3) is 0.222. The Morgan fingerprint density at radius 2 is 2.08 bits per heavy atom. The van der Waals surface area contributed by atoms with E-state index in [0.29, 0.717) is 16.1 Å². The summed E-state index contributed by atoms with van der Waals surface area (Å²) in [6.07, 6.45) is 0. The van der Waals surface area contributed by atoms with Gasteiger partial charge in [-0.3, -0.25) is 4.79 Å². The minimum Gasteiger partial charge on any atom is -0.294 e. The average molecular weight is 187 g/mol. The van der Waals surface area contributed by atoms with E-state index in [9.17, 15) is 9.18 Å². The predicted molar refractivity (Wildman–Crippen MR) is 46.2 cm³/mol. The fourth-order valence-corrected chi connectivity index (χ4v) is 1.22. The number of ketones is 1. The van der Waals surface area contributed by atoms with Crippen LogP contribution >= 0.6 is 11.6 Å². The highest BCUT2D eigenvalue weighted by molar-refractivity contribution is 6.31. The van der Waals surface area contributed by atoms with Crippen molar-refractivity contribution < 1.29 is 9.18 Å². The molecule has 0 unspecified atom stereocenters. The van der Waals surface area contributed by atoms with Gasteiger partial charge < -0.3 is 0 Å². The number of rotatable bonds is 1. The molecule has 1 aromatic rings. The van der Waals surface area contributed by atoms with Gasteiger partial charge in [-0.2, -0.15) is 0 Å². The van der Waals surface area contributed by atoms with E-state index in [-0.39, 0.29) is 5.78 Å². The SMILES string of the molecule is CC(=O)c1cc(F)cc(Cl)c1C. The zero-order valence-corrected chi connectivity index (χ0v) is 7.57. The summed E-state index contributed by atoms with van der Waals surface area (Å²) in [5.41, 5.74) is 0.977. The van der Waals surface area contributed by atoms with Crippen LogP contribution in [-0.4, -0.2) is 5.78 Å². The average Bonchev–Trinajstić information content (AvgIpc) is 1.96. The van der Waals surface area contributed by atoms with E-state index in [1.807, 2.05) is 0 Å². The lowest BCUT2D eigenvalue weighted by molar-refractivity contribution is 0.101. The Kier molecular flexibility index (Phi) is 2.48. The molecule has 1 rings (SSSR count). The van der Waals surface area contributed by atoms with Gasteiger partial charge in [0, 0.05) is 10.6 Å². The Hall–Kier alpha value is -0.890. The molecule has 0 aromatic heterocycles. The molecule has 0 aliphatic heterocycles. The predicted octanol–water partition coefficient (Wildman–Crippen LogP) is 2.99. The summed E-state index contributed by atoms with van der Waals surface area (Å²) < 4.78 is 12.7. The largest absolute Gasteiger partial charge is 0.294 e. The molecule has 0 N–H and O–H groups in total. The summed E-state index contributed by atoms with van der Waals surface area (Å²) in [7, 11) is 0. The Balaban J connectivity index is 3.37. The van der Waals surface area contributed by atoms with E-state index in [2.05, 4.69) is 0 Å². The second-order valence-corrected chi connectivity index (χ2v) is 3.02. The summed E-state index contributed by atoms with van der Waals surface area (Å²) in [5, 5.41) is 0.292. The minimum atomic E-state index is -0.476. The minimum absolute atomic E-state index is 0.172. The van der Waals surface area contributed by atoms with Crippen molar-refractivity contribution in [3.8, 4) is 0 Å². The number of carbonyl (C=O) groups excluding carboxylic acids is 1. The maximum atomic E-state index is 12.7. The van der Waals surface area contributed by atoms with Crippen LogP contribution in [0.3, 0.4) is 0 Å². The summed E-state index contributed by atoms with van der Waals surface area (Å²) in [4.78, 5) is 10.9. The first-order chi connectivity index (χ1) is 5.52. The molecule has 0 heterocycles. The topological polar surface area (TPSA) is 17.1 Å². The van der Waals surface area contributed by atoms with Crippen LogP contribution in [0.15, 0.2) is 12.1 Å². The molecule has 12 heavy (non-hydrogen) atoms. The fourth-order valence-electron chi connectivity index (χ4n) is 1.01. The van der Waals surface area contributed by atoms with Gasteiger partial charge in [-0.15, -0.1) is 0 Å². The van der Waals surface area contributed by atoms with E-state index in [1.54, 1.807) is 6.92 Å². The first-order valence-corrected chi connectivity index (χ1v) is 3.86. The van der Waals surface area contributed by atoms with Crippen molar-refractivity contribution in [1.29, 1.82) is 0 Å². The molecule has 0 atom stereocenters. The molecule has 0 radical (unpaired) electrons. The molecule has 0 amide bonds. The lowest BCUT2D eigenvalue weighted by atomic mass is 10.1. The van der Waals surface area contributed by atoms with Crippen molar-refractivity contribution in [2.75, 3.05) is 0 Å². The Morgan fingerprint density at radius 1 is 1.50 bits per heavy atom. The molecule has 0 fully saturated rings. The first kappa shape index (κ1) is 9.20. The van der Waals surface area contributed by atoms with Crippen molar-refractivity contribution in [3.05, 3.63) is 34.1 Å². The van der Waals surface area contributed by atoms with Crippen LogP contribution in [0, 0.1) is 12.7 Å². The highest BCUT2D eigenvalue weighted by Crippen LogP contribution is 2.21. The molecular formula is C9H8ClFO. The van der Waals surface area contributed by atoms with Crippen LogP contribution in [0.25, 0.3) is 0 Å². The van der Waals surface area contributed by atoms with Crippen LogP contribution in [0.2, 0.25) is 5.02 Å². The Labute approximate surface area is 75.2 Å². The lowest BCUT2D eigenvalue weighted by Crippen LogP contribution is -1.97. The van der Waals surface area contributed by atoms with Crippen molar-refractivity contribution in [1.82, 2.24) is 0 Å². The summed E-state index contributed by atoms with van der Waals surface area (Å²) >= 11 is 5.67. The molecule has 3 heteroatoms. The number of hydrogen-bond acceptors (Lipinski definition) is 1. The van der Waals surface area contributed by atoms with Crippen molar-refractivity contribution in [2.45, 2.75) is 13.8 Å². The molecule has 0 aliphatic carbocycles. The van der Waals surface area contributed by atoms with E-state index < -0.39 is 5.82 Å². The molecule has 0 saturated carbocycles. The van der Waals surface area contributed by atoms with Gasteiger partial charge in [0.15, 0.2) is 5.78 Å². The highest BCUT2D eigenvalue weighted by Gasteiger charge is 2.08. The third kappa shape index (κ3) is 1.64.